The number of aryl methyl sites for hydroxylation is 1. The molecule has 0 radical (unpaired) electrons. The van der Waals surface area contributed by atoms with Gasteiger partial charge in [-0.25, -0.2) is 4.79 Å². The van der Waals surface area contributed by atoms with E-state index in [0.29, 0.717) is 44.8 Å². The number of carbonyl (C=O) groups is 2. The Balaban J connectivity index is 1.45. The van der Waals surface area contributed by atoms with Gasteiger partial charge in [-0.1, -0.05) is 36.4 Å². The van der Waals surface area contributed by atoms with E-state index in [4.69, 9.17) is 9.47 Å². The van der Waals surface area contributed by atoms with Gasteiger partial charge in [-0.05, 0) is 30.2 Å². The Morgan fingerprint density at radius 1 is 0.889 bits per heavy atom. The Kier molecular flexibility index (Phi) is 6.30. The summed E-state index contributed by atoms with van der Waals surface area (Å²) in [5, 5.41) is 0. The fourth-order valence-corrected chi connectivity index (χ4v) is 3.10. The predicted molar refractivity (Wildman–Crippen MR) is 102 cm³/mol. The minimum Gasteiger partial charge on any atom is -0.496 e. The van der Waals surface area contributed by atoms with Crippen LogP contribution in [0, 0.1) is 0 Å². The number of piperazine rings is 1. The van der Waals surface area contributed by atoms with Gasteiger partial charge in [0.25, 0.3) is 0 Å². The number of ether oxygens (including phenoxy) is 2. The molecule has 2 aromatic rings. The van der Waals surface area contributed by atoms with Crippen LogP contribution >= 0.6 is 0 Å². The van der Waals surface area contributed by atoms with E-state index < -0.39 is 0 Å². The normalized spacial score (nSPS) is 14.0. The van der Waals surface area contributed by atoms with Crippen LogP contribution < -0.4 is 9.47 Å². The molecule has 0 aromatic heterocycles. The molecule has 27 heavy (non-hydrogen) atoms. The lowest BCUT2D eigenvalue weighted by molar-refractivity contribution is -0.132. The van der Waals surface area contributed by atoms with Crippen LogP contribution in [0.4, 0.5) is 4.79 Å². The maximum absolute atomic E-state index is 12.5. The number of amides is 2. The molecule has 0 N–H and O–H groups in total. The first kappa shape index (κ1) is 18.8. The van der Waals surface area contributed by atoms with Crippen LogP contribution in [-0.4, -0.2) is 55.1 Å². The van der Waals surface area contributed by atoms with Crippen molar-refractivity contribution in [2.24, 2.45) is 0 Å². The lowest BCUT2D eigenvalue weighted by Crippen LogP contribution is -2.51. The molecule has 2 amide bonds. The molecule has 0 aliphatic carbocycles. The lowest BCUT2D eigenvalue weighted by Gasteiger charge is -2.34. The smallest absolute Gasteiger partial charge is 0.415 e. The van der Waals surface area contributed by atoms with Gasteiger partial charge in [-0.3, -0.25) is 4.79 Å². The number of para-hydroxylation sites is 2. The summed E-state index contributed by atoms with van der Waals surface area (Å²) >= 11 is 0. The Morgan fingerprint density at radius 2 is 1.52 bits per heavy atom. The van der Waals surface area contributed by atoms with Gasteiger partial charge in [0.2, 0.25) is 5.91 Å². The molecule has 1 aliphatic rings. The first-order valence-corrected chi connectivity index (χ1v) is 9.09. The van der Waals surface area contributed by atoms with E-state index in [2.05, 4.69) is 0 Å². The Morgan fingerprint density at radius 3 is 2.22 bits per heavy atom. The zero-order valence-corrected chi connectivity index (χ0v) is 15.5. The number of nitrogens with zero attached hydrogens (tertiary/aromatic N) is 2. The lowest BCUT2D eigenvalue weighted by atomic mass is 10.1. The maximum Gasteiger partial charge on any atom is 0.415 e. The zero-order chi connectivity index (χ0) is 19.1. The van der Waals surface area contributed by atoms with Crippen LogP contribution in [0.2, 0.25) is 0 Å². The molecule has 1 aliphatic heterocycles. The highest BCUT2D eigenvalue weighted by molar-refractivity contribution is 5.77. The van der Waals surface area contributed by atoms with E-state index in [-0.39, 0.29) is 12.0 Å². The Hall–Kier alpha value is -3.02. The average molecular weight is 368 g/mol. The second-order valence-corrected chi connectivity index (χ2v) is 6.36. The molecule has 6 heteroatoms. The average Bonchev–Trinajstić information content (AvgIpc) is 2.73. The maximum atomic E-state index is 12.5. The third-order valence-electron chi connectivity index (χ3n) is 4.64. The minimum atomic E-state index is -0.373. The monoisotopic (exact) mass is 368 g/mol. The number of rotatable bonds is 5. The third-order valence-corrected chi connectivity index (χ3v) is 4.64. The molecule has 0 atom stereocenters. The molecule has 0 bridgehead atoms. The van der Waals surface area contributed by atoms with Crippen molar-refractivity contribution < 1.29 is 19.1 Å². The van der Waals surface area contributed by atoms with Crippen LogP contribution in [0.5, 0.6) is 11.5 Å². The van der Waals surface area contributed by atoms with Crippen LogP contribution in [0.3, 0.4) is 0 Å². The molecule has 0 saturated carbocycles. The molecule has 1 fully saturated rings. The van der Waals surface area contributed by atoms with Crippen molar-refractivity contribution in [3.63, 3.8) is 0 Å². The number of hydrogen-bond donors (Lipinski definition) is 0. The van der Waals surface area contributed by atoms with Gasteiger partial charge in [-0.15, -0.1) is 0 Å². The zero-order valence-electron chi connectivity index (χ0n) is 15.5. The van der Waals surface area contributed by atoms with E-state index >= 15 is 0 Å². The van der Waals surface area contributed by atoms with E-state index in [1.54, 1.807) is 24.1 Å². The summed E-state index contributed by atoms with van der Waals surface area (Å²) in [5.41, 5.74) is 1.03. The van der Waals surface area contributed by atoms with Crippen molar-refractivity contribution in [3.8, 4) is 11.5 Å². The van der Waals surface area contributed by atoms with Crippen LogP contribution in [0.25, 0.3) is 0 Å². The summed E-state index contributed by atoms with van der Waals surface area (Å²) in [4.78, 5) is 28.1. The standard InChI is InChI=1S/C21H24N2O4/c1-26-19-10-6-5-7-17(19)11-12-20(24)22-13-15-23(16-14-22)21(25)27-18-8-3-2-4-9-18/h2-10H,11-16H2,1H3. The van der Waals surface area contributed by atoms with Gasteiger partial charge in [0, 0.05) is 32.6 Å². The summed E-state index contributed by atoms with van der Waals surface area (Å²) < 4.78 is 10.7. The molecule has 142 valence electrons. The number of benzene rings is 2. The van der Waals surface area contributed by atoms with Gasteiger partial charge >= 0.3 is 6.09 Å². The Labute approximate surface area is 159 Å². The SMILES string of the molecule is COc1ccccc1CCC(=O)N1CCN(C(=O)Oc2ccccc2)CC1. The summed E-state index contributed by atoms with van der Waals surface area (Å²) in [6, 6.07) is 16.7. The first-order valence-electron chi connectivity index (χ1n) is 9.09. The molecule has 0 spiro atoms. The van der Waals surface area contributed by atoms with Gasteiger partial charge < -0.3 is 19.3 Å². The van der Waals surface area contributed by atoms with Crippen LogP contribution in [0.15, 0.2) is 54.6 Å². The highest BCUT2D eigenvalue weighted by atomic mass is 16.6. The first-order chi connectivity index (χ1) is 13.2. The highest BCUT2D eigenvalue weighted by Crippen LogP contribution is 2.19. The Bertz CT molecular complexity index is 771. The summed E-state index contributed by atoms with van der Waals surface area (Å²) in [7, 11) is 1.63. The van der Waals surface area contributed by atoms with Crippen LogP contribution in [0.1, 0.15) is 12.0 Å². The highest BCUT2D eigenvalue weighted by Gasteiger charge is 2.25. The quantitative estimate of drug-likeness (QED) is 0.814. The minimum absolute atomic E-state index is 0.0944. The van der Waals surface area contributed by atoms with Crippen molar-refractivity contribution in [3.05, 3.63) is 60.2 Å². The molecule has 0 unspecified atom stereocenters. The number of hydrogen-bond acceptors (Lipinski definition) is 4. The topological polar surface area (TPSA) is 59.1 Å². The molecule has 6 nitrogen and oxygen atoms in total. The fourth-order valence-electron chi connectivity index (χ4n) is 3.10. The van der Waals surface area contributed by atoms with Gasteiger partial charge in [0.1, 0.15) is 11.5 Å². The largest absolute Gasteiger partial charge is 0.496 e. The van der Waals surface area contributed by atoms with Gasteiger partial charge in [0.05, 0.1) is 7.11 Å². The van der Waals surface area contributed by atoms with Gasteiger partial charge in [-0.2, -0.15) is 0 Å². The summed E-state index contributed by atoms with van der Waals surface area (Å²) in [6.45, 7) is 2.00. The van der Waals surface area contributed by atoms with Crippen LogP contribution in [-0.2, 0) is 11.2 Å². The number of methoxy groups -OCH3 is 1. The van der Waals surface area contributed by atoms with E-state index in [0.717, 1.165) is 11.3 Å². The van der Waals surface area contributed by atoms with Crippen molar-refractivity contribution in [1.82, 2.24) is 9.80 Å². The summed E-state index contributed by atoms with van der Waals surface area (Å²) in [6.07, 6.45) is 0.691. The molecule has 1 saturated heterocycles. The van der Waals surface area contributed by atoms with E-state index in [1.807, 2.05) is 47.4 Å². The van der Waals surface area contributed by atoms with Gasteiger partial charge in [0.15, 0.2) is 0 Å². The van der Waals surface area contributed by atoms with E-state index in [1.165, 1.54) is 0 Å². The van der Waals surface area contributed by atoms with Crippen molar-refractivity contribution in [2.45, 2.75) is 12.8 Å². The molecule has 3 rings (SSSR count). The fraction of sp³-hybridized carbons (Fsp3) is 0.333. The predicted octanol–water partition coefficient (Wildman–Crippen LogP) is 2.97. The second kappa shape index (κ2) is 9.07. The number of carbonyl (C=O) groups excluding carboxylic acids is 2. The molecular weight excluding hydrogens is 344 g/mol. The van der Waals surface area contributed by atoms with Crippen molar-refractivity contribution in [1.29, 1.82) is 0 Å². The molecular formula is C21H24N2O4. The van der Waals surface area contributed by atoms with Crippen molar-refractivity contribution >= 4 is 12.0 Å². The molecule has 2 aromatic carbocycles. The van der Waals surface area contributed by atoms with Crippen molar-refractivity contribution in [2.75, 3.05) is 33.3 Å². The third kappa shape index (κ3) is 5.00. The second-order valence-electron chi connectivity index (χ2n) is 6.36. The van der Waals surface area contributed by atoms with E-state index in [9.17, 15) is 9.59 Å². The molecule has 1 heterocycles. The summed E-state index contributed by atoms with van der Waals surface area (Å²) in [5.74, 6) is 1.42.